The third kappa shape index (κ3) is 4.68. The standard InChI is InChI=1S/C13H14Cl3NO2/c1-10(11-6-3-2-4-7-11)17(8-5-9-18)12(19)13(14,15)16/h2-4,6-7,9-10H,5,8H2,1H3/t10-/m0/s1. The second kappa shape index (κ2) is 7.13. The van der Waals surface area contributed by atoms with Crippen LogP contribution in [0, 0.1) is 0 Å². The van der Waals surface area contributed by atoms with Crippen LogP contribution in [0.15, 0.2) is 30.3 Å². The molecule has 0 saturated heterocycles. The molecule has 0 aliphatic heterocycles. The summed E-state index contributed by atoms with van der Waals surface area (Å²) in [6.45, 7) is 2.04. The van der Waals surface area contributed by atoms with Crippen molar-refractivity contribution in [1.29, 1.82) is 0 Å². The summed E-state index contributed by atoms with van der Waals surface area (Å²) in [6, 6.07) is 9.09. The highest BCUT2D eigenvalue weighted by Gasteiger charge is 2.37. The van der Waals surface area contributed by atoms with Crippen LogP contribution in [0.5, 0.6) is 0 Å². The monoisotopic (exact) mass is 321 g/mol. The molecule has 0 fully saturated rings. The van der Waals surface area contributed by atoms with Gasteiger partial charge in [-0.15, -0.1) is 0 Å². The van der Waals surface area contributed by atoms with Gasteiger partial charge in [0.2, 0.25) is 0 Å². The second-order valence-corrected chi connectivity index (χ2v) is 6.32. The lowest BCUT2D eigenvalue weighted by Crippen LogP contribution is -2.41. The van der Waals surface area contributed by atoms with E-state index in [0.717, 1.165) is 11.8 Å². The first-order chi connectivity index (χ1) is 8.88. The van der Waals surface area contributed by atoms with Crippen molar-refractivity contribution >= 4 is 47.0 Å². The first-order valence-corrected chi connectivity index (χ1v) is 6.87. The Morgan fingerprint density at radius 1 is 1.32 bits per heavy atom. The smallest absolute Gasteiger partial charge is 0.275 e. The van der Waals surface area contributed by atoms with Crippen LogP contribution in [-0.2, 0) is 9.59 Å². The number of halogens is 3. The molecular formula is C13H14Cl3NO2. The maximum atomic E-state index is 12.1. The molecule has 1 aromatic carbocycles. The SMILES string of the molecule is C[C@@H](c1ccccc1)N(CCC=O)C(=O)C(Cl)(Cl)Cl. The number of nitrogens with zero attached hydrogens (tertiary/aromatic N) is 1. The predicted molar refractivity (Wildman–Crippen MR) is 77.5 cm³/mol. The molecule has 1 aromatic rings. The van der Waals surface area contributed by atoms with Crippen molar-refractivity contribution in [3.63, 3.8) is 0 Å². The van der Waals surface area contributed by atoms with Crippen molar-refractivity contribution in [2.45, 2.75) is 23.2 Å². The maximum absolute atomic E-state index is 12.1. The van der Waals surface area contributed by atoms with Gasteiger partial charge in [0, 0.05) is 13.0 Å². The van der Waals surface area contributed by atoms with E-state index >= 15 is 0 Å². The van der Waals surface area contributed by atoms with E-state index in [1.54, 1.807) is 0 Å². The van der Waals surface area contributed by atoms with Gasteiger partial charge in [0.1, 0.15) is 6.29 Å². The van der Waals surface area contributed by atoms with Crippen LogP contribution < -0.4 is 0 Å². The van der Waals surface area contributed by atoms with Gasteiger partial charge in [-0.25, -0.2) is 0 Å². The molecule has 0 N–H and O–H groups in total. The summed E-state index contributed by atoms with van der Waals surface area (Å²) >= 11 is 16.9. The van der Waals surface area contributed by atoms with E-state index in [2.05, 4.69) is 0 Å². The topological polar surface area (TPSA) is 37.4 Å². The van der Waals surface area contributed by atoms with Crippen molar-refractivity contribution < 1.29 is 9.59 Å². The van der Waals surface area contributed by atoms with E-state index < -0.39 is 9.70 Å². The van der Waals surface area contributed by atoms with E-state index in [1.807, 2.05) is 37.3 Å². The van der Waals surface area contributed by atoms with Crippen molar-refractivity contribution in [3.05, 3.63) is 35.9 Å². The number of amides is 1. The average molecular weight is 323 g/mol. The maximum Gasteiger partial charge on any atom is 0.275 e. The minimum absolute atomic E-state index is 0.198. The molecular weight excluding hydrogens is 309 g/mol. The Hall–Kier alpha value is -0.770. The highest BCUT2D eigenvalue weighted by atomic mass is 35.6. The summed E-state index contributed by atoms with van der Waals surface area (Å²) in [5.74, 6) is -0.629. The van der Waals surface area contributed by atoms with E-state index in [9.17, 15) is 9.59 Å². The van der Waals surface area contributed by atoms with Crippen LogP contribution in [0.2, 0.25) is 0 Å². The molecule has 0 radical (unpaired) electrons. The van der Waals surface area contributed by atoms with Crippen LogP contribution in [-0.4, -0.2) is 27.4 Å². The second-order valence-electron chi connectivity index (χ2n) is 4.04. The van der Waals surface area contributed by atoms with Gasteiger partial charge in [-0.1, -0.05) is 65.1 Å². The van der Waals surface area contributed by atoms with Crippen molar-refractivity contribution in [2.75, 3.05) is 6.54 Å². The summed E-state index contributed by atoms with van der Waals surface area (Å²) in [5, 5.41) is 0. The van der Waals surface area contributed by atoms with Gasteiger partial charge in [-0.3, -0.25) is 4.79 Å². The van der Waals surface area contributed by atoms with Crippen molar-refractivity contribution in [1.82, 2.24) is 4.90 Å². The minimum atomic E-state index is -2.02. The average Bonchev–Trinajstić information content (AvgIpc) is 2.38. The number of hydrogen-bond donors (Lipinski definition) is 0. The Kier molecular flexibility index (Phi) is 6.11. The number of carbonyl (C=O) groups is 2. The molecule has 0 spiro atoms. The lowest BCUT2D eigenvalue weighted by Gasteiger charge is -2.31. The third-order valence-electron chi connectivity index (χ3n) is 2.74. The van der Waals surface area contributed by atoms with E-state index in [4.69, 9.17) is 34.8 Å². The predicted octanol–water partition coefficient (Wildman–Crippen LogP) is 3.54. The van der Waals surface area contributed by atoms with Crippen LogP contribution in [0.25, 0.3) is 0 Å². The minimum Gasteiger partial charge on any atom is -0.332 e. The molecule has 0 aromatic heterocycles. The quantitative estimate of drug-likeness (QED) is 0.614. The normalized spacial score (nSPS) is 12.8. The fourth-order valence-electron chi connectivity index (χ4n) is 1.74. The van der Waals surface area contributed by atoms with E-state index in [1.165, 1.54) is 4.90 Å². The Morgan fingerprint density at radius 2 is 1.89 bits per heavy atom. The number of carbonyl (C=O) groups excluding carboxylic acids is 2. The van der Waals surface area contributed by atoms with Crippen LogP contribution in [0.1, 0.15) is 24.9 Å². The summed E-state index contributed by atoms with van der Waals surface area (Å²) in [7, 11) is 0. The summed E-state index contributed by atoms with van der Waals surface area (Å²) in [5.41, 5.74) is 0.913. The summed E-state index contributed by atoms with van der Waals surface area (Å²) in [4.78, 5) is 24.0. The Bertz CT molecular complexity index is 431. The number of benzene rings is 1. The lowest BCUT2D eigenvalue weighted by molar-refractivity contribution is -0.132. The molecule has 0 aliphatic rings. The van der Waals surface area contributed by atoms with E-state index in [0.29, 0.717) is 0 Å². The van der Waals surface area contributed by atoms with Gasteiger partial charge in [0.15, 0.2) is 0 Å². The zero-order valence-electron chi connectivity index (χ0n) is 10.4. The molecule has 6 heteroatoms. The molecule has 0 bridgehead atoms. The highest BCUT2D eigenvalue weighted by molar-refractivity contribution is 6.76. The Labute approximate surface area is 127 Å². The molecule has 0 heterocycles. The number of rotatable bonds is 5. The third-order valence-corrected chi connectivity index (χ3v) is 3.23. The van der Waals surface area contributed by atoms with Crippen LogP contribution in [0.4, 0.5) is 0 Å². The molecule has 104 valence electrons. The van der Waals surface area contributed by atoms with Gasteiger partial charge in [-0.05, 0) is 12.5 Å². The molecule has 1 atom stereocenters. The van der Waals surface area contributed by atoms with Gasteiger partial charge in [0.05, 0.1) is 6.04 Å². The Balaban J connectivity index is 2.97. The molecule has 3 nitrogen and oxygen atoms in total. The molecule has 1 rings (SSSR count). The fourth-order valence-corrected chi connectivity index (χ4v) is 2.06. The van der Waals surface area contributed by atoms with Gasteiger partial charge >= 0.3 is 0 Å². The van der Waals surface area contributed by atoms with Crippen LogP contribution in [0.3, 0.4) is 0 Å². The van der Waals surface area contributed by atoms with Gasteiger partial charge < -0.3 is 9.69 Å². The lowest BCUT2D eigenvalue weighted by atomic mass is 10.1. The molecule has 0 saturated carbocycles. The molecule has 0 aliphatic carbocycles. The van der Waals surface area contributed by atoms with E-state index in [-0.39, 0.29) is 19.0 Å². The van der Waals surface area contributed by atoms with Crippen LogP contribution >= 0.6 is 34.8 Å². The number of hydrogen-bond acceptors (Lipinski definition) is 2. The van der Waals surface area contributed by atoms with Crippen molar-refractivity contribution in [3.8, 4) is 0 Å². The fraction of sp³-hybridized carbons (Fsp3) is 0.385. The molecule has 19 heavy (non-hydrogen) atoms. The number of alkyl halides is 3. The Morgan fingerprint density at radius 3 is 2.37 bits per heavy atom. The molecule has 0 unspecified atom stereocenters. The summed E-state index contributed by atoms with van der Waals surface area (Å²) < 4.78 is -2.02. The highest BCUT2D eigenvalue weighted by Crippen LogP contribution is 2.32. The molecule has 1 amide bonds. The van der Waals surface area contributed by atoms with Gasteiger partial charge in [-0.2, -0.15) is 0 Å². The zero-order valence-corrected chi connectivity index (χ0v) is 12.6. The first kappa shape index (κ1) is 16.3. The zero-order chi connectivity index (χ0) is 14.5. The summed E-state index contributed by atoms with van der Waals surface area (Å²) in [6.07, 6.45) is 0.931. The first-order valence-electron chi connectivity index (χ1n) is 5.74. The van der Waals surface area contributed by atoms with Crippen molar-refractivity contribution in [2.24, 2.45) is 0 Å². The number of aldehydes is 1. The largest absolute Gasteiger partial charge is 0.332 e. The van der Waals surface area contributed by atoms with Gasteiger partial charge in [0.25, 0.3) is 9.70 Å².